The number of rotatable bonds is 8. The van der Waals surface area contributed by atoms with E-state index in [1.54, 1.807) is 0 Å². The van der Waals surface area contributed by atoms with Gasteiger partial charge in [0, 0.05) is 0 Å². The maximum Gasteiger partial charge on any atom is 0.313 e. The van der Waals surface area contributed by atoms with Gasteiger partial charge in [-0.05, 0) is 25.7 Å². The standard InChI is InChI=1S/C12H22O3/c1-4-6-11(7-5-2)9-15-12(14)8-10(3)13/h11H,4-9H2,1-3H3. The van der Waals surface area contributed by atoms with E-state index in [-0.39, 0.29) is 18.2 Å². The number of ether oxygens (including phenoxy) is 1. The van der Waals surface area contributed by atoms with Gasteiger partial charge in [-0.25, -0.2) is 0 Å². The van der Waals surface area contributed by atoms with Crippen LogP contribution in [-0.4, -0.2) is 18.4 Å². The minimum Gasteiger partial charge on any atom is -0.465 e. The predicted molar refractivity (Wildman–Crippen MR) is 59.6 cm³/mol. The first-order valence-corrected chi connectivity index (χ1v) is 5.75. The molecule has 0 aromatic heterocycles. The highest BCUT2D eigenvalue weighted by Gasteiger charge is 2.11. The number of carbonyl (C=O) groups excluding carboxylic acids is 2. The van der Waals surface area contributed by atoms with Crippen LogP contribution in [-0.2, 0) is 14.3 Å². The lowest BCUT2D eigenvalue weighted by molar-refractivity contribution is -0.147. The Morgan fingerprint density at radius 1 is 1.13 bits per heavy atom. The fraction of sp³-hybridized carbons (Fsp3) is 0.833. The molecule has 0 saturated carbocycles. The normalized spacial score (nSPS) is 10.4. The van der Waals surface area contributed by atoms with Crippen molar-refractivity contribution in [1.29, 1.82) is 0 Å². The van der Waals surface area contributed by atoms with Crippen LogP contribution >= 0.6 is 0 Å². The predicted octanol–water partition coefficient (Wildman–Crippen LogP) is 2.73. The first-order valence-electron chi connectivity index (χ1n) is 5.75. The Kier molecular flexibility index (Phi) is 7.96. The van der Waals surface area contributed by atoms with Crippen molar-refractivity contribution in [3.05, 3.63) is 0 Å². The van der Waals surface area contributed by atoms with Crippen LogP contribution in [0.4, 0.5) is 0 Å². The quantitative estimate of drug-likeness (QED) is 0.461. The maximum absolute atomic E-state index is 11.1. The molecule has 0 amide bonds. The summed E-state index contributed by atoms with van der Waals surface area (Å²) in [5, 5.41) is 0. The molecule has 88 valence electrons. The second-order valence-electron chi connectivity index (χ2n) is 4.01. The molecule has 0 spiro atoms. The van der Waals surface area contributed by atoms with Gasteiger partial charge >= 0.3 is 5.97 Å². The number of hydrogen-bond acceptors (Lipinski definition) is 3. The van der Waals surface area contributed by atoms with Crippen molar-refractivity contribution in [2.24, 2.45) is 5.92 Å². The van der Waals surface area contributed by atoms with E-state index >= 15 is 0 Å². The summed E-state index contributed by atoms with van der Waals surface area (Å²) in [6.45, 7) is 6.12. The van der Waals surface area contributed by atoms with Gasteiger partial charge in [-0.3, -0.25) is 9.59 Å². The summed E-state index contributed by atoms with van der Waals surface area (Å²) in [5.74, 6) is -0.0712. The van der Waals surface area contributed by atoms with Crippen LogP contribution in [0.1, 0.15) is 52.9 Å². The molecule has 0 unspecified atom stereocenters. The molecule has 3 nitrogen and oxygen atoms in total. The zero-order valence-electron chi connectivity index (χ0n) is 10.0. The summed E-state index contributed by atoms with van der Waals surface area (Å²) in [4.78, 5) is 21.8. The molecule has 0 aliphatic rings. The minimum absolute atomic E-state index is 0.0923. The van der Waals surface area contributed by atoms with Crippen LogP contribution in [0.3, 0.4) is 0 Å². The molecular formula is C12H22O3. The number of esters is 1. The molecule has 3 heteroatoms. The second kappa shape index (κ2) is 8.45. The van der Waals surface area contributed by atoms with Crippen molar-refractivity contribution in [3.63, 3.8) is 0 Å². The van der Waals surface area contributed by atoms with Crippen LogP contribution in [0.5, 0.6) is 0 Å². The lowest BCUT2D eigenvalue weighted by Gasteiger charge is -2.14. The topological polar surface area (TPSA) is 43.4 Å². The van der Waals surface area contributed by atoms with Gasteiger partial charge in [0.05, 0.1) is 6.61 Å². The highest BCUT2D eigenvalue weighted by Crippen LogP contribution is 2.13. The van der Waals surface area contributed by atoms with E-state index in [4.69, 9.17) is 4.74 Å². The fourth-order valence-electron chi connectivity index (χ4n) is 1.59. The Morgan fingerprint density at radius 3 is 2.07 bits per heavy atom. The highest BCUT2D eigenvalue weighted by atomic mass is 16.5. The molecule has 0 atom stereocenters. The van der Waals surface area contributed by atoms with Crippen molar-refractivity contribution < 1.29 is 14.3 Å². The Balaban J connectivity index is 3.77. The summed E-state index contributed by atoms with van der Waals surface area (Å²) >= 11 is 0. The van der Waals surface area contributed by atoms with Gasteiger partial charge in [0.25, 0.3) is 0 Å². The third kappa shape index (κ3) is 8.16. The molecule has 0 bridgehead atoms. The highest BCUT2D eigenvalue weighted by molar-refractivity contribution is 5.94. The van der Waals surface area contributed by atoms with Crippen LogP contribution in [0, 0.1) is 5.92 Å². The van der Waals surface area contributed by atoms with Gasteiger partial charge < -0.3 is 4.74 Å². The van der Waals surface area contributed by atoms with E-state index < -0.39 is 0 Å². The Labute approximate surface area is 92.2 Å². The first-order chi connectivity index (χ1) is 7.10. The lowest BCUT2D eigenvalue weighted by Crippen LogP contribution is -2.15. The zero-order valence-corrected chi connectivity index (χ0v) is 10.0. The number of Topliss-reactive ketones (excluding diaryl/α,β-unsaturated/α-hetero) is 1. The van der Waals surface area contributed by atoms with Gasteiger partial charge in [0.1, 0.15) is 12.2 Å². The van der Waals surface area contributed by atoms with E-state index in [9.17, 15) is 9.59 Å². The van der Waals surface area contributed by atoms with E-state index in [0.29, 0.717) is 12.5 Å². The van der Waals surface area contributed by atoms with Gasteiger partial charge in [-0.1, -0.05) is 26.7 Å². The van der Waals surface area contributed by atoms with E-state index in [0.717, 1.165) is 25.7 Å². The monoisotopic (exact) mass is 214 g/mol. The van der Waals surface area contributed by atoms with Crippen molar-refractivity contribution in [3.8, 4) is 0 Å². The van der Waals surface area contributed by atoms with Crippen LogP contribution in [0.15, 0.2) is 0 Å². The lowest BCUT2D eigenvalue weighted by atomic mass is 9.99. The molecule has 0 rings (SSSR count). The first kappa shape index (κ1) is 14.1. The Morgan fingerprint density at radius 2 is 1.67 bits per heavy atom. The van der Waals surface area contributed by atoms with Crippen molar-refractivity contribution in [1.82, 2.24) is 0 Å². The largest absolute Gasteiger partial charge is 0.465 e. The van der Waals surface area contributed by atoms with E-state index in [1.807, 2.05) is 0 Å². The number of carbonyl (C=O) groups is 2. The molecule has 0 heterocycles. The Bertz CT molecular complexity index is 193. The second-order valence-corrected chi connectivity index (χ2v) is 4.01. The third-order valence-corrected chi connectivity index (χ3v) is 2.27. The summed E-state index contributed by atoms with van der Waals surface area (Å²) in [6.07, 6.45) is 4.29. The fourth-order valence-corrected chi connectivity index (χ4v) is 1.59. The number of hydrogen-bond donors (Lipinski definition) is 0. The molecular weight excluding hydrogens is 192 g/mol. The molecule has 0 aliphatic carbocycles. The van der Waals surface area contributed by atoms with E-state index in [2.05, 4.69) is 13.8 Å². The van der Waals surface area contributed by atoms with Crippen molar-refractivity contribution in [2.45, 2.75) is 52.9 Å². The molecule has 0 radical (unpaired) electrons. The smallest absolute Gasteiger partial charge is 0.313 e. The molecule has 0 fully saturated rings. The molecule has 15 heavy (non-hydrogen) atoms. The SMILES string of the molecule is CCCC(CCC)COC(=O)CC(C)=O. The molecule has 0 saturated heterocycles. The summed E-state index contributed by atoms with van der Waals surface area (Å²) in [6, 6.07) is 0. The third-order valence-electron chi connectivity index (χ3n) is 2.27. The maximum atomic E-state index is 11.1. The summed E-state index contributed by atoms with van der Waals surface area (Å²) in [5.41, 5.74) is 0. The zero-order chi connectivity index (χ0) is 11.7. The molecule has 0 aromatic rings. The minimum atomic E-state index is -0.389. The summed E-state index contributed by atoms with van der Waals surface area (Å²) in [7, 11) is 0. The van der Waals surface area contributed by atoms with Gasteiger partial charge in [-0.2, -0.15) is 0 Å². The molecule has 0 aliphatic heterocycles. The van der Waals surface area contributed by atoms with Gasteiger partial charge in [-0.15, -0.1) is 0 Å². The van der Waals surface area contributed by atoms with E-state index in [1.165, 1.54) is 6.92 Å². The van der Waals surface area contributed by atoms with Gasteiger partial charge in [0.2, 0.25) is 0 Å². The van der Waals surface area contributed by atoms with Gasteiger partial charge in [0.15, 0.2) is 0 Å². The van der Waals surface area contributed by atoms with Crippen LogP contribution in [0.25, 0.3) is 0 Å². The van der Waals surface area contributed by atoms with Crippen molar-refractivity contribution in [2.75, 3.05) is 6.61 Å². The number of ketones is 1. The summed E-state index contributed by atoms with van der Waals surface area (Å²) < 4.78 is 5.06. The van der Waals surface area contributed by atoms with Crippen molar-refractivity contribution >= 4 is 11.8 Å². The Hall–Kier alpha value is -0.860. The molecule has 0 N–H and O–H groups in total. The molecule has 0 aromatic carbocycles. The van der Waals surface area contributed by atoms with Crippen LogP contribution in [0.2, 0.25) is 0 Å². The van der Waals surface area contributed by atoms with Crippen LogP contribution < -0.4 is 0 Å². The average Bonchev–Trinajstić information content (AvgIpc) is 2.14. The average molecular weight is 214 g/mol.